The Bertz CT molecular complexity index is 890. The Morgan fingerprint density at radius 3 is 2.76 bits per heavy atom. The van der Waals surface area contributed by atoms with Crippen LogP contribution in [0.1, 0.15) is 16.8 Å². The van der Waals surface area contributed by atoms with Crippen molar-refractivity contribution in [2.75, 3.05) is 24.3 Å². The van der Waals surface area contributed by atoms with Gasteiger partial charge in [-0.15, -0.1) is 0 Å². The van der Waals surface area contributed by atoms with Gasteiger partial charge in [-0.3, -0.25) is 9.48 Å². The highest BCUT2D eigenvalue weighted by Crippen LogP contribution is 2.22. The van der Waals surface area contributed by atoms with E-state index in [4.69, 9.17) is 5.73 Å². The molecule has 3 aromatic rings. The second-order valence-corrected chi connectivity index (χ2v) is 6.60. The lowest BCUT2D eigenvalue weighted by atomic mass is 10.1. The summed E-state index contributed by atoms with van der Waals surface area (Å²) in [7, 11) is 1.81. The number of nitrogen functional groups attached to an aromatic ring is 1. The van der Waals surface area contributed by atoms with Crippen LogP contribution in [0.4, 0.5) is 5.82 Å². The zero-order valence-corrected chi connectivity index (χ0v) is 15.0. The summed E-state index contributed by atoms with van der Waals surface area (Å²) in [4.78, 5) is 21.0. The topological polar surface area (TPSA) is 98.7 Å². The summed E-state index contributed by atoms with van der Waals surface area (Å²) >= 11 is 1.77. The van der Waals surface area contributed by atoms with Crippen LogP contribution in [0.25, 0.3) is 22.4 Å². The second kappa shape index (κ2) is 7.52. The van der Waals surface area contributed by atoms with Crippen LogP contribution in [0.2, 0.25) is 0 Å². The number of aromatic nitrogens is 4. The number of rotatable bonds is 6. The summed E-state index contributed by atoms with van der Waals surface area (Å²) in [6.07, 6.45) is 4.67. The molecular formula is C17H20N6OS. The maximum atomic E-state index is 12.1. The van der Waals surface area contributed by atoms with Crippen molar-refractivity contribution in [1.29, 1.82) is 0 Å². The van der Waals surface area contributed by atoms with Gasteiger partial charge in [-0.2, -0.15) is 16.9 Å². The summed E-state index contributed by atoms with van der Waals surface area (Å²) in [5, 5.41) is 7.79. The Balaban J connectivity index is 1.78. The molecule has 0 saturated carbocycles. The first-order valence-electron chi connectivity index (χ1n) is 7.93. The molecule has 0 aliphatic heterocycles. The Kier molecular flexibility index (Phi) is 5.18. The summed E-state index contributed by atoms with van der Waals surface area (Å²) in [6, 6.07) is 7.19. The van der Waals surface area contributed by atoms with Crippen LogP contribution in [0.5, 0.6) is 0 Å². The molecule has 0 unspecified atom stereocenters. The molecule has 0 bridgehead atoms. The van der Waals surface area contributed by atoms with Gasteiger partial charge in [0.15, 0.2) is 11.5 Å². The maximum absolute atomic E-state index is 12.1. The van der Waals surface area contributed by atoms with Crippen molar-refractivity contribution in [3.8, 4) is 11.4 Å². The van der Waals surface area contributed by atoms with Gasteiger partial charge < -0.3 is 11.1 Å². The van der Waals surface area contributed by atoms with E-state index in [2.05, 4.69) is 26.6 Å². The number of amides is 1. The van der Waals surface area contributed by atoms with Gasteiger partial charge in [0.05, 0.1) is 11.6 Å². The Morgan fingerprint density at radius 2 is 2.04 bits per heavy atom. The van der Waals surface area contributed by atoms with E-state index in [9.17, 15) is 4.79 Å². The molecule has 130 valence electrons. The highest BCUT2D eigenvalue weighted by atomic mass is 32.2. The Morgan fingerprint density at radius 1 is 1.28 bits per heavy atom. The smallest absolute Gasteiger partial charge is 0.251 e. The molecule has 1 amide bonds. The van der Waals surface area contributed by atoms with Gasteiger partial charge in [0.25, 0.3) is 5.91 Å². The first kappa shape index (κ1) is 17.2. The van der Waals surface area contributed by atoms with Crippen molar-refractivity contribution < 1.29 is 4.79 Å². The van der Waals surface area contributed by atoms with E-state index >= 15 is 0 Å². The number of nitrogens with two attached hydrogens (primary N) is 1. The fraction of sp³-hybridized carbons (Fsp3) is 0.294. The SMILES string of the molecule is CSCCCNC(=O)c1ccc(-c2nc(N)c3cnn(C)c3n2)cc1. The van der Waals surface area contributed by atoms with Crippen molar-refractivity contribution in [3.05, 3.63) is 36.0 Å². The number of hydrogen-bond donors (Lipinski definition) is 2. The lowest BCUT2D eigenvalue weighted by Gasteiger charge is -2.06. The first-order valence-corrected chi connectivity index (χ1v) is 9.32. The number of nitrogens with zero attached hydrogens (tertiary/aromatic N) is 4. The molecule has 0 aliphatic carbocycles. The molecule has 0 spiro atoms. The predicted molar refractivity (Wildman–Crippen MR) is 101 cm³/mol. The minimum Gasteiger partial charge on any atom is -0.383 e. The first-order chi connectivity index (χ1) is 12.1. The summed E-state index contributed by atoms with van der Waals surface area (Å²) < 4.78 is 1.66. The maximum Gasteiger partial charge on any atom is 0.251 e. The Hall–Kier alpha value is -2.61. The van der Waals surface area contributed by atoms with E-state index in [0.29, 0.717) is 29.4 Å². The molecule has 0 saturated heterocycles. The van der Waals surface area contributed by atoms with Crippen LogP contribution in [0.15, 0.2) is 30.5 Å². The summed E-state index contributed by atoms with van der Waals surface area (Å²) in [5.74, 6) is 1.87. The molecule has 0 aliphatic rings. The Labute approximate surface area is 150 Å². The average molecular weight is 356 g/mol. The van der Waals surface area contributed by atoms with Crippen molar-refractivity contribution in [1.82, 2.24) is 25.1 Å². The van der Waals surface area contributed by atoms with Gasteiger partial charge in [0.2, 0.25) is 0 Å². The highest BCUT2D eigenvalue weighted by Gasteiger charge is 2.11. The van der Waals surface area contributed by atoms with Crippen LogP contribution >= 0.6 is 11.8 Å². The van der Waals surface area contributed by atoms with E-state index in [1.807, 2.05) is 19.2 Å². The number of hydrogen-bond acceptors (Lipinski definition) is 6. The number of benzene rings is 1. The number of carbonyl (C=O) groups is 1. The zero-order chi connectivity index (χ0) is 17.8. The molecule has 8 heteroatoms. The fourth-order valence-corrected chi connectivity index (χ4v) is 2.90. The van der Waals surface area contributed by atoms with E-state index in [1.165, 1.54) is 0 Å². The third kappa shape index (κ3) is 3.74. The van der Waals surface area contributed by atoms with E-state index in [0.717, 1.165) is 23.1 Å². The largest absolute Gasteiger partial charge is 0.383 e. The number of fused-ring (bicyclic) bond motifs is 1. The minimum absolute atomic E-state index is 0.0739. The van der Waals surface area contributed by atoms with E-state index in [1.54, 1.807) is 34.8 Å². The van der Waals surface area contributed by atoms with Gasteiger partial charge >= 0.3 is 0 Å². The minimum atomic E-state index is -0.0739. The monoisotopic (exact) mass is 356 g/mol. The molecule has 0 atom stereocenters. The third-order valence-electron chi connectivity index (χ3n) is 3.84. The van der Waals surface area contributed by atoms with Crippen molar-refractivity contribution in [2.45, 2.75) is 6.42 Å². The molecule has 0 radical (unpaired) electrons. The highest BCUT2D eigenvalue weighted by molar-refractivity contribution is 7.98. The molecule has 2 aromatic heterocycles. The molecular weight excluding hydrogens is 336 g/mol. The molecule has 7 nitrogen and oxygen atoms in total. The van der Waals surface area contributed by atoms with Gasteiger partial charge in [0, 0.05) is 24.7 Å². The van der Waals surface area contributed by atoms with Crippen LogP contribution in [0, 0.1) is 0 Å². The molecule has 3 N–H and O–H groups in total. The lowest BCUT2D eigenvalue weighted by molar-refractivity contribution is 0.0954. The molecule has 2 heterocycles. The average Bonchev–Trinajstić information content (AvgIpc) is 3.00. The van der Waals surface area contributed by atoms with Gasteiger partial charge in [-0.1, -0.05) is 12.1 Å². The van der Waals surface area contributed by atoms with E-state index in [-0.39, 0.29) is 5.91 Å². The molecule has 25 heavy (non-hydrogen) atoms. The summed E-state index contributed by atoms with van der Waals surface area (Å²) in [6.45, 7) is 0.679. The van der Waals surface area contributed by atoms with Gasteiger partial charge in [0.1, 0.15) is 5.82 Å². The van der Waals surface area contributed by atoms with E-state index < -0.39 is 0 Å². The quantitative estimate of drug-likeness (QED) is 0.656. The molecule has 3 rings (SSSR count). The van der Waals surface area contributed by atoms with Gasteiger partial charge in [-0.25, -0.2) is 9.97 Å². The standard InChI is InChI=1S/C17H20N6OS/c1-23-16-13(10-20-23)14(18)21-15(22-16)11-4-6-12(7-5-11)17(24)19-8-3-9-25-2/h4-7,10H,3,8-9H2,1-2H3,(H,19,24)(H2,18,21,22). The van der Waals surface area contributed by atoms with Crippen LogP contribution in [-0.4, -0.2) is 44.2 Å². The normalized spacial score (nSPS) is 11.0. The summed E-state index contributed by atoms with van der Waals surface area (Å²) in [5.41, 5.74) is 8.09. The number of aryl methyl sites for hydroxylation is 1. The van der Waals surface area contributed by atoms with Crippen LogP contribution < -0.4 is 11.1 Å². The van der Waals surface area contributed by atoms with Crippen molar-refractivity contribution in [3.63, 3.8) is 0 Å². The second-order valence-electron chi connectivity index (χ2n) is 5.62. The number of thioether (sulfide) groups is 1. The van der Waals surface area contributed by atoms with Gasteiger partial charge in [-0.05, 0) is 30.6 Å². The lowest BCUT2D eigenvalue weighted by Crippen LogP contribution is -2.24. The predicted octanol–water partition coefficient (Wildman–Crippen LogP) is 2.10. The molecule has 1 aromatic carbocycles. The third-order valence-corrected chi connectivity index (χ3v) is 4.53. The number of carbonyl (C=O) groups excluding carboxylic acids is 1. The zero-order valence-electron chi connectivity index (χ0n) is 14.2. The fourth-order valence-electron chi connectivity index (χ4n) is 2.46. The van der Waals surface area contributed by atoms with Crippen LogP contribution in [0.3, 0.4) is 0 Å². The molecule has 0 fully saturated rings. The van der Waals surface area contributed by atoms with Crippen molar-refractivity contribution in [2.24, 2.45) is 7.05 Å². The van der Waals surface area contributed by atoms with Crippen molar-refractivity contribution >= 4 is 34.5 Å². The number of anilines is 1. The van der Waals surface area contributed by atoms with Crippen LogP contribution in [-0.2, 0) is 7.05 Å². The number of nitrogens with one attached hydrogen (secondary N) is 1.